The number of benzene rings is 1. The molecule has 1 heterocycles. The molecule has 19 heavy (non-hydrogen) atoms. The van der Waals surface area contributed by atoms with E-state index in [9.17, 15) is 0 Å². The molecule has 0 aliphatic carbocycles. The lowest BCUT2D eigenvalue weighted by Gasteiger charge is -2.26. The molecule has 1 aromatic carbocycles. The van der Waals surface area contributed by atoms with Gasteiger partial charge in [-0.05, 0) is 38.8 Å². The molecule has 1 saturated heterocycles. The second-order valence-electron chi connectivity index (χ2n) is 5.24. The summed E-state index contributed by atoms with van der Waals surface area (Å²) in [6.45, 7) is 5.33. The largest absolute Gasteiger partial charge is 0.496 e. The molecule has 1 N–H and O–H groups in total. The molecule has 3 heteroatoms. The van der Waals surface area contributed by atoms with Crippen molar-refractivity contribution in [3.05, 3.63) is 29.8 Å². The van der Waals surface area contributed by atoms with Gasteiger partial charge in [0.15, 0.2) is 0 Å². The van der Waals surface area contributed by atoms with Crippen LogP contribution in [-0.4, -0.2) is 25.9 Å². The third-order valence-corrected chi connectivity index (χ3v) is 3.72. The van der Waals surface area contributed by atoms with Crippen LogP contribution in [0.5, 0.6) is 5.75 Å². The van der Waals surface area contributed by atoms with E-state index in [-0.39, 0.29) is 12.1 Å². The number of methoxy groups -OCH3 is 1. The summed E-state index contributed by atoms with van der Waals surface area (Å²) in [7, 11) is 1.73. The summed E-state index contributed by atoms with van der Waals surface area (Å²) in [6.07, 6.45) is 3.99. The SMILES string of the molecule is CCCNC(c1ccccc1OC)C1CCC(C)O1. The highest BCUT2D eigenvalue weighted by atomic mass is 16.5. The first-order chi connectivity index (χ1) is 9.26. The molecule has 0 aromatic heterocycles. The second-order valence-corrected chi connectivity index (χ2v) is 5.24. The van der Waals surface area contributed by atoms with E-state index >= 15 is 0 Å². The average molecular weight is 263 g/mol. The Labute approximate surface area is 116 Å². The molecular weight excluding hydrogens is 238 g/mol. The van der Waals surface area contributed by atoms with E-state index in [1.807, 2.05) is 12.1 Å². The minimum atomic E-state index is 0.223. The predicted octanol–water partition coefficient (Wildman–Crippen LogP) is 3.30. The molecule has 1 fully saturated rings. The van der Waals surface area contributed by atoms with Crippen LogP contribution >= 0.6 is 0 Å². The van der Waals surface area contributed by atoms with Gasteiger partial charge in [-0.15, -0.1) is 0 Å². The van der Waals surface area contributed by atoms with Crippen LogP contribution in [0.4, 0.5) is 0 Å². The maximum atomic E-state index is 6.06. The predicted molar refractivity (Wildman–Crippen MR) is 77.6 cm³/mol. The summed E-state index contributed by atoms with van der Waals surface area (Å²) in [6, 6.07) is 8.46. The van der Waals surface area contributed by atoms with Crippen LogP contribution in [0.1, 0.15) is 44.7 Å². The van der Waals surface area contributed by atoms with Crippen molar-refractivity contribution in [3.8, 4) is 5.75 Å². The summed E-state index contributed by atoms with van der Waals surface area (Å²) in [5.74, 6) is 0.944. The van der Waals surface area contributed by atoms with E-state index in [0.717, 1.165) is 31.6 Å². The minimum absolute atomic E-state index is 0.223. The monoisotopic (exact) mass is 263 g/mol. The molecule has 0 spiro atoms. The van der Waals surface area contributed by atoms with Crippen molar-refractivity contribution in [1.29, 1.82) is 0 Å². The van der Waals surface area contributed by atoms with E-state index in [2.05, 4.69) is 31.3 Å². The van der Waals surface area contributed by atoms with Crippen LogP contribution in [0.15, 0.2) is 24.3 Å². The normalized spacial score (nSPS) is 24.4. The van der Waals surface area contributed by atoms with Gasteiger partial charge >= 0.3 is 0 Å². The number of para-hydroxylation sites is 1. The lowest BCUT2D eigenvalue weighted by molar-refractivity contribution is 0.0311. The first-order valence-electron chi connectivity index (χ1n) is 7.28. The maximum absolute atomic E-state index is 6.06. The van der Waals surface area contributed by atoms with E-state index in [1.165, 1.54) is 5.56 Å². The topological polar surface area (TPSA) is 30.5 Å². The molecule has 3 nitrogen and oxygen atoms in total. The molecule has 0 radical (unpaired) electrons. The number of rotatable bonds is 6. The van der Waals surface area contributed by atoms with Crippen molar-refractivity contribution in [2.24, 2.45) is 0 Å². The fourth-order valence-electron chi connectivity index (χ4n) is 2.74. The number of hydrogen-bond acceptors (Lipinski definition) is 3. The van der Waals surface area contributed by atoms with Gasteiger partial charge in [0.05, 0.1) is 25.4 Å². The van der Waals surface area contributed by atoms with Gasteiger partial charge in [0.25, 0.3) is 0 Å². The molecule has 0 bridgehead atoms. The molecule has 1 aliphatic rings. The number of nitrogens with one attached hydrogen (secondary N) is 1. The molecule has 0 amide bonds. The van der Waals surface area contributed by atoms with E-state index in [0.29, 0.717) is 6.10 Å². The Bertz CT molecular complexity index is 394. The highest BCUT2D eigenvalue weighted by Gasteiger charge is 2.31. The first kappa shape index (κ1) is 14.4. The number of hydrogen-bond donors (Lipinski definition) is 1. The Hall–Kier alpha value is -1.06. The molecule has 0 saturated carbocycles. The first-order valence-corrected chi connectivity index (χ1v) is 7.28. The Morgan fingerprint density at radius 3 is 2.79 bits per heavy atom. The molecule has 1 aliphatic heterocycles. The smallest absolute Gasteiger partial charge is 0.123 e. The van der Waals surface area contributed by atoms with Crippen molar-refractivity contribution in [2.45, 2.75) is 51.4 Å². The van der Waals surface area contributed by atoms with Crippen molar-refractivity contribution in [3.63, 3.8) is 0 Å². The Balaban J connectivity index is 2.21. The van der Waals surface area contributed by atoms with Gasteiger partial charge in [-0.25, -0.2) is 0 Å². The van der Waals surface area contributed by atoms with Gasteiger partial charge in [-0.1, -0.05) is 25.1 Å². The van der Waals surface area contributed by atoms with Crippen LogP contribution in [0, 0.1) is 0 Å². The molecule has 3 unspecified atom stereocenters. The van der Waals surface area contributed by atoms with Gasteiger partial charge in [-0.2, -0.15) is 0 Å². The lowest BCUT2D eigenvalue weighted by atomic mass is 9.98. The van der Waals surface area contributed by atoms with E-state index in [1.54, 1.807) is 7.11 Å². The molecular formula is C16H25NO2. The van der Waals surface area contributed by atoms with Crippen LogP contribution < -0.4 is 10.1 Å². The van der Waals surface area contributed by atoms with Gasteiger partial charge in [0.2, 0.25) is 0 Å². The molecule has 106 valence electrons. The standard InChI is InChI=1S/C16H25NO2/c1-4-11-17-16(15-10-9-12(2)19-15)13-7-5-6-8-14(13)18-3/h5-8,12,15-17H,4,9-11H2,1-3H3. The summed E-state index contributed by atoms with van der Waals surface area (Å²) < 4.78 is 11.6. The quantitative estimate of drug-likeness (QED) is 0.854. The maximum Gasteiger partial charge on any atom is 0.123 e. The van der Waals surface area contributed by atoms with Gasteiger partial charge < -0.3 is 14.8 Å². The van der Waals surface area contributed by atoms with E-state index in [4.69, 9.17) is 9.47 Å². The van der Waals surface area contributed by atoms with Crippen LogP contribution in [0.25, 0.3) is 0 Å². The second kappa shape index (κ2) is 6.92. The average Bonchev–Trinajstić information content (AvgIpc) is 2.86. The molecule has 2 rings (SSSR count). The summed E-state index contributed by atoms with van der Waals surface area (Å²) >= 11 is 0. The summed E-state index contributed by atoms with van der Waals surface area (Å²) in [5, 5.41) is 3.62. The molecule has 1 aromatic rings. The summed E-state index contributed by atoms with van der Waals surface area (Å²) in [5.41, 5.74) is 1.21. The highest BCUT2D eigenvalue weighted by molar-refractivity contribution is 5.36. The minimum Gasteiger partial charge on any atom is -0.496 e. The van der Waals surface area contributed by atoms with Crippen LogP contribution in [0.2, 0.25) is 0 Å². The Morgan fingerprint density at radius 2 is 2.16 bits per heavy atom. The van der Waals surface area contributed by atoms with Crippen LogP contribution in [0.3, 0.4) is 0 Å². The van der Waals surface area contributed by atoms with Crippen molar-refractivity contribution < 1.29 is 9.47 Å². The summed E-state index contributed by atoms with van der Waals surface area (Å²) in [4.78, 5) is 0. The van der Waals surface area contributed by atoms with Crippen molar-refractivity contribution in [1.82, 2.24) is 5.32 Å². The molecule has 3 atom stereocenters. The van der Waals surface area contributed by atoms with Gasteiger partial charge in [0, 0.05) is 5.56 Å². The zero-order valence-corrected chi connectivity index (χ0v) is 12.2. The van der Waals surface area contributed by atoms with Gasteiger partial charge in [0.1, 0.15) is 5.75 Å². The third kappa shape index (κ3) is 3.48. The fourth-order valence-corrected chi connectivity index (χ4v) is 2.74. The zero-order valence-electron chi connectivity index (χ0n) is 12.2. The Morgan fingerprint density at radius 1 is 1.37 bits per heavy atom. The van der Waals surface area contributed by atoms with Crippen molar-refractivity contribution >= 4 is 0 Å². The van der Waals surface area contributed by atoms with Crippen molar-refractivity contribution in [2.75, 3.05) is 13.7 Å². The van der Waals surface area contributed by atoms with Crippen LogP contribution in [-0.2, 0) is 4.74 Å². The highest BCUT2D eigenvalue weighted by Crippen LogP contribution is 2.34. The zero-order chi connectivity index (χ0) is 13.7. The lowest BCUT2D eigenvalue weighted by Crippen LogP contribution is -2.33. The number of ether oxygens (including phenoxy) is 2. The third-order valence-electron chi connectivity index (χ3n) is 3.72. The van der Waals surface area contributed by atoms with E-state index < -0.39 is 0 Å². The Kier molecular flexibility index (Phi) is 5.23. The fraction of sp³-hybridized carbons (Fsp3) is 0.625. The van der Waals surface area contributed by atoms with Gasteiger partial charge in [-0.3, -0.25) is 0 Å².